The average Bonchev–Trinajstić information content (AvgIpc) is 2.58. The predicted octanol–water partition coefficient (Wildman–Crippen LogP) is 3.79. The Morgan fingerprint density at radius 1 is 1.12 bits per heavy atom. The maximum absolute atomic E-state index is 13.8. The number of benzene rings is 2. The zero-order valence-electron chi connectivity index (χ0n) is 13.6. The van der Waals surface area contributed by atoms with Crippen molar-refractivity contribution in [3.05, 3.63) is 63.9 Å². The largest absolute Gasteiger partial charge is 0.368 e. The Balaban J connectivity index is 1.60. The first kappa shape index (κ1) is 17.0. The van der Waals surface area contributed by atoms with Crippen LogP contribution in [0.25, 0.3) is 0 Å². The molecular weight excluding hydrogens is 371 g/mol. The van der Waals surface area contributed by atoms with Gasteiger partial charge in [0.05, 0.1) is 6.42 Å². The monoisotopic (exact) mass is 390 g/mol. The third kappa shape index (κ3) is 3.96. The first-order valence-electron chi connectivity index (χ1n) is 8.06. The van der Waals surface area contributed by atoms with Gasteiger partial charge in [0.1, 0.15) is 5.82 Å². The van der Waals surface area contributed by atoms with Crippen LogP contribution in [0.2, 0.25) is 0 Å². The van der Waals surface area contributed by atoms with Gasteiger partial charge in [-0.3, -0.25) is 4.79 Å². The third-order valence-electron chi connectivity index (χ3n) is 4.35. The van der Waals surface area contributed by atoms with Crippen molar-refractivity contribution in [2.45, 2.75) is 13.3 Å². The molecule has 5 heteroatoms. The normalized spacial score (nSPS) is 14.8. The lowest BCUT2D eigenvalue weighted by atomic mass is 10.1. The maximum atomic E-state index is 13.8. The van der Waals surface area contributed by atoms with E-state index in [1.807, 2.05) is 4.90 Å². The number of rotatable bonds is 3. The Labute approximate surface area is 150 Å². The van der Waals surface area contributed by atoms with E-state index in [9.17, 15) is 9.18 Å². The molecule has 0 aromatic heterocycles. The molecule has 0 N–H and O–H groups in total. The highest BCUT2D eigenvalue weighted by Crippen LogP contribution is 2.20. The molecule has 24 heavy (non-hydrogen) atoms. The van der Waals surface area contributed by atoms with Crippen molar-refractivity contribution < 1.29 is 9.18 Å². The van der Waals surface area contributed by atoms with Crippen LogP contribution in [0.4, 0.5) is 10.1 Å². The number of hydrogen-bond acceptors (Lipinski definition) is 2. The van der Waals surface area contributed by atoms with Gasteiger partial charge in [-0.25, -0.2) is 4.39 Å². The highest BCUT2D eigenvalue weighted by atomic mass is 79.9. The Kier molecular flexibility index (Phi) is 5.19. The minimum Gasteiger partial charge on any atom is -0.368 e. The van der Waals surface area contributed by atoms with Crippen LogP contribution in [0.5, 0.6) is 0 Å². The van der Waals surface area contributed by atoms with Gasteiger partial charge in [0.15, 0.2) is 0 Å². The van der Waals surface area contributed by atoms with E-state index in [1.54, 1.807) is 12.1 Å². The number of nitrogens with zero attached hydrogens (tertiary/aromatic N) is 2. The number of anilines is 1. The summed E-state index contributed by atoms with van der Waals surface area (Å²) in [7, 11) is 0. The molecule has 0 spiro atoms. The summed E-state index contributed by atoms with van der Waals surface area (Å²) < 4.78 is 14.6. The third-order valence-corrected chi connectivity index (χ3v) is 4.84. The molecular formula is C19H20BrFN2O. The van der Waals surface area contributed by atoms with E-state index in [1.165, 1.54) is 17.3 Å². The topological polar surface area (TPSA) is 23.6 Å². The molecule has 1 heterocycles. The van der Waals surface area contributed by atoms with Crippen molar-refractivity contribution in [3.8, 4) is 0 Å². The number of hydrogen-bond donors (Lipinski definition) is 0. The molecule has 2 aromatic rings. The Morgan fingerprint density at radius 3 is 2.58 bits per heavy atom. The highest BCUT2D eigenvalue weighted by Gasteiger charge is 2.22. The smallest absolute Gasteiger partial charge is 0.227 e. The molecule has 1 saturated heterocycles. The van der Waals surface area contributed by atoms with Crippen LogP contribution in [-0.2, 0) is 11.2 Å². The molecule has 0 aliphatic carbocycles. The average molecular weight is 391 g/mol. The summed E-state index contributed by atoms with van der Waals surface area (Å²) in [5, 5.41) is 0. The lowest BCUT2D eigenvalue weighted by Gasteiger charge is -2.36. The Morgan fingerprint density at radius 2 is 1.88 bits per heavy atom. The first-order valence-corrected chi connectivity index (χ1v) is 8.85. The fourth-order valence-corrected chi connectivity index (χ4v) is 3.40. The van der Waals surface area contributed by atoms with Gasteiger partial charge in [0.25, 0.3) is 0 Å². The summed E-state index contributed by atoms with van der Waals surface area (Å²) in [6.07, 6.45) is 0.107. The van der Waals surface area contributed by atoms with Crippen LogP contribution in [0, 0.1) is 12.7 Å². The molecule has 3 nitrogen and oxygen atoms in total. The van der Waals surface area contributed by atoms with E-state index in [0.717, 1.165) is 17.6 Å². The van der Waals surface area contributed by atoms with Crippen LogP contribution in [0.3, 0.4) is 0 Å². The summed E-state index contributed by atoms with van der Waals surface area (Å²) in [6, 6.07) is 13.1. The molecule has 1 fully saturated rings. The fourth-order valence-electron chi connectivity index (χ4n) is 2.99. The van der Waals surface area contributed by atoms with E-state index in [-0.39, 0.29) is 18.1 Å². The van der Waals surface area contributed by atoms with Gasteiger partial charge in [0, 0.05) is 36.3 Å². The van der Waals surface area contributed by atoms with Gasteiger partial charge in [-0.15, -0.1) is 0 Å². The number of aryl methyl sites for hydroxylation is 1. The van der Waals surface area contributed by atoms with Gasteiger partial charge >= 0.3 is 0 Å². The summed E-state index contributed by atoms with van der Waals surface area (Å²) in [4.78, 5) is 16.6. The van der Waals surface area contributed by atoms with Crippen molar-refractivity contribution in [3.63, 3.8) is 0 Å². The second-order valence-electron chi connectivity index (χ2n) is 6.12. The fraction of sp³-hybridized carbons (Fsp3) is 0.316. The van der Waals surface area contributed by atoms with Gasteiger partial charge in [-0.05, 0) is 48.4 Å². The van der Waals surface area contributed by atoms with Crippen LogP contribution < -0.4 is 4.90 Å². The quantitative estimate of drug-likeness (QED) is 0.795. The molecule has 0 atom stereocenters. The summed E-state index contributed by atoms with van der Waals surface area (Å²) >= 11 is 3.32. The van der Waals surface area contributed by atoms with Crippen LogP contribution in [0.1, 0.15) is 11.1 Å². The van der Waals surface area contributed by atoms with Gasteiger partial charge < -0.3 is 9.80 Å². The van der Waals surface area contributed by atoms with Gasteiger partial charge in [-0.1, -0.05) is 28.1 Å². The molecule has 1 amide bonds. The number of carbonyl (C=O) groups is 1. The summed E-state index contributed by atoms with van der Waals surface area (Å²) in [6.45, 7) is 5.02. The molecule has 1 aliphatic rings. The van der Waals surface area contributed by atoms with Gasteiger partial charge in [0.2, 0.25) is 5.91 Å². The number of amides is 1. The zero-order valence-corrected chi connectivity index (χ0v) is 15.2. The van der Waals surface area contributed by atoms with Gasteiger partial charge in [-0.2, -0.15) is 0 Å². The van der Waals surface area contributed by atoms with Crippen molar-refractivity contribution >= 4 is 27.5 Å². The zero-order chi connectivity index (χ0) is 17.1. The second-order valence-corrected chi connectivity index (χ2v) is 7.04. The lowest BCUT2D eigenvalue weighted by molar-refractivity contribution is -0.130. The van der Waals surface area contributed by atoms with Crippen molar-refractivity contribution in [1.29, 1.82) is 0 Å². The molecule has 126 valence electrons. The van der Waals surface area contributed by atoms with Crippen LogP contribution in [0.15, 0.2) is 46.9 Å². The molecule has 1 aliphatic heterocycles. The van der Waals surface area contributed by atoms with E-state index in [0.29, 0.717) is 18.7 Å². The van der Waals surface area contributed by atoms with Crippen molar-refractivity contribution in [2.75, 3.05) is 31.1 Å². The number of carbonyl (C=O) groups excluding carboxylic acids is 1. The van der Waals surface area contributed by atoms with E-state index < -0.39 is 0 Å². The minimum atomic E-state index is -0.329. The standard InChI is InChI=1S/C19H20BrFN2O/c1-14-3-2-4-17(11-14)22-7-9-23(10-8-22)19(24)13-15-12-16(20)5-6-18(15)21/h2-6,11-12H,7-10,13H2,1H3. The molecule has 0 unspecified atom stereocenters. The summed E-state index contributed by atoms with van der Waals surface area (Å²) in [5.74, 6) is -0.346. The number of piperazine rings is 1. The van der Waals surface area contributed by atoms with E-state index in [4.69, 9.17) is 0 Å². The Hall–Kier alpha value is -1.88. The minimum absolute atomic E-state index is 0.0177. The maximum Gasteiger partial charge on any atom is 0.227 e. The Bertz CT molecular complexity index is 742. The SMILES string of the molecule is Cc1cccc(N2CCN(C(=O)Cc3cc(Br)ccc3F)CC2)c1. The van der Waals surface area contributed by atoms with E-state index >= 15 is 0 Å². The molecule has 0 bridgehead atoms. The predicted molar refractivity (Wildman–Crippen MR) is 97.8 cm³/mol. The molecule has 3 rings (SSSR count). The first-order chi connectivity index (χ1) is 11.5. The lowest BCUT2D eigenvalue weighted by Crippen LogP contribution is -2.49. The highest BCUT2D eigenvalue weighted by molar-refractivity contribution is 9.10. The van der Waals surface area contributed by atoms with E-state index in [2.05, 4.69) is 52.0 Å². The number of halogens is 2. The van der Waals surface area contributed by atoms with Crippen LogP contribution in [-0.4, -0.2) is 37.0 Å². The second kappa shape index (κ2) is 7.34. The van der Waals surface area contributed by atoms with Crippen molar-refractivity contribution in [1.82, 2.24) is 4.90 Å². The molecule has 0 saturated carbocycles. The molecule has 0 radical (unpaired) electrons. The van der Waals surface area contributed by atoms with Crippen molar-refractivity contribution in [2.24, 2.45) is 0 Å². The van der Waals surface area contributed by atoms with Crippen LogP contribution >= 0.6 is 15.9 Å². The summed E-state index contributed by atoms with van der Waals surface area (Å²) in [5.41, 5.74) is 2.87. The molecule has 2 aromatic carbocycles.